The van der Waals surface area contributed by atoms with Gasteiger partial charge in [-0.1, -0.05) is 36.2 Å². The first-order chi connectivity index (χ1) is 7.08. The van der Waals surface area contributed by atoms with E-state index < -0.39 is 0 Å². The normalized spacial score (nSPS) is 26.4. The molecule has 0 aromatic heterocycles. The molecule has 1 nitrogen and oxygen atoms in total. The van der Waals surface area contributed by atoms with Crippen molar-refractivity contribution in [1.29, 1.82) is 0 Å². The average Bonchev–Trinajstić information content (AvgIpc) is 2.88. The quantitative estimate of drug-likeness (QED) is 0.864. The van der Waals surface area contributed by atoms with Crippen molar-refractivity contribution in [2.45, 2.75) is 25.8 Å². The predicted octanol–water partition coefficient (Wildman–Crippen LogP) is 3.52. The first-order valence-corrected chi connectivity index (χ1v) is 6.03. The Balaban J connectivity index is 2.04. The molecular formula is C12H15Cl2N. The molecule has 82 valence electrons. The van der Waals surface area contributed by atoms with Crippen molar-refractivity contribution in [1.82, 2.24) is 0 Å². The summed E-state index contributed by atoms with van der Waals surface area (Å²) in [7, 11) is 0. The molecule has 0 amide bonds. The van der Waals surface area contributed by atoms with Crippen LogP contribution in [-0.2, 0) is 6.42 Å². The minimum atomic E-state index is 0.235. The van der Waals surface area contributed by atoms with Crippen LogP contribution in [0, 0.1) is 11.8 Å². The first kappa shape index (κ1) is 11.3. The molecule has 3 heteroatoms. The number of nitrogens with two attached hydrogens (primary N) is 1. The molecule has 1 saturated carbocycles. The van der Waals surface area contributed by atoms with Crippen LogP contribution in [0.3, 0.4) is 0 Å². The minimum Gasteiger partial charge on any atom is -0.327 e. The fourth-order valence-corrected chi connectivity index (χ4v) is 2.53. The second-order valence-corrected chi connectivity index (χ2v) is 5.32. The van der Waals surface area contributed by atoms with E-state index in [9.17, 15) is 0 Å². The van der Waals surface area contributed by atoms with Gasteiger partial charge < -0.3 is 5.73 Å². The van der Waals surface area contributed by atoms with Crippen molar-refractivity contribution in [2.24, 2.45) is 17.6 Å². The summed E-state index contributed by atoms with van der Waals surface area (Å²) < 4.78 is 0. The molecule has 0 heterocycles. The molecule has 15 heavy (non-hydrogen) atoms. The Hall–Kier alpha value is -0.240. The van der Waals surface area contributed by atoms with Gasteiger partial charge in [0.2, 0.25) is 0 Å². The van der Waals surface area contributed by atoms with Crippen LogP contribution in [0.4, 0.5) is 0 Å². The molecule has 0 bridgehead atoms. The summed E-state index contributed by atoms with van der Waals surface area (Å²) in [5.41, 5.74) is 7.22. The molecule has 0 spiro atoms. The monoisotopic (exact) mass is 243 g/mol. The van der Waals surface area contributed by atoms with Crippen LogP contribution in [0.5, 0.6) is 0 Å². The molecule has 1 aromatic rings. The third kappa shape index (κ3) is 2.66. The largest absolute Gasteiger partial charge is 0.327 e. The van der Waals surface area contributed by atoms with Gasteiger partial charge in [-0.2, -0.15) is 0 Å². The van der Waals surface area contributed by atoms with Gasteiger partial charge >= 0.3 is 0 Å². The number of hydrogen-bond acceptors (Lipinski definition) is 1. The second kappa shape index (κ2) is 4.32. The highest BCUT2D eigenvalue weighted by Gasteiger charge is 2.37. The second-order valence-electron chi connectivity index (χ2n) is 4.48. The lowest BCUT2D eigenvalue weighted by atomic mass is 10.0. The molecule has 2 rings (SSSR count). The molecule has 0 aliphatic heterocycles. The van der Waals surface area contributed by atoms with E-state index in [1.807, 2.05) is 12.1 Å². The molecule has 0 radical (unpaired) electrons. The minimum absolute atomic E-state index is 0.235. The summed E-state index contributed by atoms with van der Waals surface area (Å²) in [5, 5.41) is 1.41. The van der Waals surface area contributed by atoms with Gasteiger partial charge in [0.05, 0.1) is 0 Å². The zero-order valence-corrected chi connectivity index (χ0v) is 10.2. The lowest BCUT2D eigenvalue weighted by Crippen LogP contribution is -2.26. The Kier molecular flexibility index (Phi) is 3.24. The number of hydrogen-bond donors (Lipinski definition) is 1. The predicted molar refractivity (Wildman–Crippen MR) is 65.4 cm³/mol. The van der Waals surface area contributed by atoms with Gasteiger partial charge in [0.25, 0.3) is 0 Å². The smallest absolute Gasteiger partial charge is 0.0453 e. The van der Waals surface area contributed by atoms with Crippen molar-refractivity contribution < 1.29 is 0 Å². The maximum Gasteiger partial charge on any atom is 0.0453 e. The SMILES string of the molecule is CC1CC1C(N)Cc1ccc(Cl)cc1Cl. The molecule has 1 aliphatic carbocycles. The third-order valence-corrected chi connectivity index (χ3v) is 3.78. The van der Waals surface area contributed by atoms with E-state index in [1.54, 1.807) is 6.07 Å². The Bertz CT molecular complexity index is 365. The molecule has 1 aromatic carbocycles. The van der Waals surface area contributed by atoms with E-state index in [1.165, 1.54) is 6.42 Å². The van der Waals surface area contributed by atoms with Gasteiger partial charge in [-0.3, -0.25) is 0 Å². The number of halogens is 2. The molecular weight excluding hydrogens is 229 g/mol. The molecule has 2 N–H and O–H groups in total. The van der Waals surface area contributed by atoms with E-state index in [-0.39, 0.29) is 6.04 Å². The number of benzene rings is 1. The Morgan fingerprint density at radius 2 is 2.13 bits per heavy atom. The highest BCUT2D eigenvalue weighted by Crippen LogP contribution is 2.41. The van der Waals surface area contributed by atoms with E-state index in [2.05, 4.69) is 6.92 Å². The van der Waals surface area contributed by atoms with Crippen LogP contribution in [0.15, 0.2) is 18.2 Å². The van der Waals surface area contributed by atoms with Crippen molar-refractivity contribution in [3.05, 3.63) is 33.8 Å². The summed E-state index contributed by atoms with van der Waals surface area (Å²) in [5.74, 6) is 1.46. The van der Waals surface area contributed by atoms with E-state index >= 15 is 0 Å². The Morgan fingerprint density at radius 1 is 1.47 bits per heavy atom. The zero-order chi connectivity index (χ0) is 11.0. The lowest BCUT2D eigenvalue weighted by Gasteiger charge is -2.12. The van der Waals surface area contributed by atoms with Gasteiger partial charge in [0.1, 0.15) is 0 Å². The number of rotatable bonds is 3. The third-order valence-electron chi connectivity index (χ3n) is 3.19. The molecule has 0 saturated heterocycles. The average molecular weight is 244 g/mol. The maximum absolute atomic E-state index is 6.12. The topological polar surface area (TPSA) is 26.0 Å². The Morgan fingerprint density at radius 3 is 2.67 bits per heavy atom. The highest BCUT2D eigenvalue weighted by molar-refractivity contribution is 6.35. The van der Waals surface area contributed by atoms with Gasteiger partial charge in [-0.15, -0.1) is 0 Å². The van der Waals surface area contributed by atoms with Gasteiger partial charge in [-0.05, 0) is 42.4 Å². The summed E-state index contributed by atoms with van der Waals surface area (Å²) in [6, 6.07) is 5.85. The van der Waals surface area contributed by atoms with Gasteiger partial charge in [-0.25, -0.2) is 0 Å². The van der Waals surface area contributed by atoms with Crippen LogP contribution in [0.1, 0.15) is 18.9 Å². The standard InChI is InChI=1S/C12H15Cl2N/c1-7-4-10(7)12(15)5-8-2-3-9(13)6-11(8)14/h2-3,6-7,10,12H,4-5,15H2,1H3. The first-order valence-electron chi connectivity index (χ1n) is 5.27. The van der Waals surface area contributed by atoms with E-state index in [0.717, 1.165) is 22.9 Å². The fourth-order valence-electron chi connectivity index (χ4n) is 2.04. The molecule has 3 atom stereocenters. The fraction of sp³-hybridized carbons (Fsp3) is 0.500. The van der Waals surface area contributed by atoms with Gasteiger partial charge in [0.15, 0.2) is 0 Å². The maximum atomic E-state index is 6.12. The van der Waals surface area contributed by atoms with Crippen LogP contribution in [0.2, 0.25) is 10.0 Å². The summed E-state index contributed by atoms with van der Waals surface area (Å²) in [6.45, 7) is 2.24. The summed E-state index contributed by atoms with van der Waals surface area (Å²) in [4.78, 5) is 0. The van der Waals surface area contributed by atoms with E-state index in [0.29, 0.717) is 10.9 Å². The molecule has 3 unspecified atom stereocenters. The van der Waals surface area contributed by atoms with Crippen LogP contribution in [-0.4, -0.2) is 6.04 Å². The van der Waals surface area contributed by atoms with Crippen molar-refractivity contribution in [3.8, 4) is 0 Å². The van der Waals surface area contributed by atoms with Crippen LogP contribution >= 0.6 is 23.2 Å². The van der Waals surface area contributed by atoms with Gasteiger partial charge in [0, 0.05) is 16.1 Å². The lowest BCUT2D eigenvalue weighted by molar-refractivity contribution is 0.560. The zero-order valence-electron chi connectivity index (χ0n) is 8.71. The van der Waals surface area contributed by atoms with Crippen molar-refractivity contribution in [2.75, 3.05) is 0 Å². The van der Waals surface area contributed by atoms with E-state index in [4.69, 9.17) is 28.9 Å². The molecule has 1 fully saturated rings. The van der Waals surface area contributed by atoms with Crippen molar-refractivity contribution >= 4 is 23.2 Å². The van der Waals surface area contributed by atoms with Crippen LogP contribution in [0.25, 0.3) is 0 Å². The highest BCUT2D eigenvalue weighted by atomic mass is 35.5. The summed E-state index contributed by atoms with van der Waals surface area (Å²) in [6.07, 6.45) is 2.11. The molecule has 1 aliphatic rings. The Labute approximate surface area is 101 Å². The summed E-state index contributed by atoms with van der Waals surface area (Å²) >= 11 is 11.9. The van der Waals surface area contributed by atoms with Crippen LogP contribution < -0.4 is 5.73 Å². The van der Waals surface area contributed by atoms with Crippen molar-refractivity contribution in [3.63, 3.8) is 0 Å².